The second-order valence-electron chi connectivity index (χ2n) is 6.32. The molecule has 2 aromatic heterocycles. The monoisotopic (exact) mass is 411 g/mol. The van der Waals surface area contributed by atoms with Gasteiger partial charge in [-0.3, -0.25) is 4.79 Å². The Morgan fingerprint density at radius 1 is 1.00 bits per heavy atom. The molecule has 0 saturated carbocycles. The summed E-state index contributed by atoms with van der Waals surface area (Å²) in [6.45, 7) is 3.56. The predicted molar refractivity (Wildman–Crippen MR) is 117 cm³/mol. The highest BCUT2D eigenvalue weighted by Crippen LogP contribution is 2.26. The normalized spacial score (nSPS) is 11.5. The number of benzene rings is 1. The van der Waals surface area contributed by atoms with Crippen LogP contribution in [0.2, 0.25) is 0 Å². The number of ether oxygens (including phenoxy) is 1. The number of rotatable bonds is 7. The fourth-order valence-electron chi connectivity index (χ4n) is 2.77. The molecule has 0 unspecified atom stereocenters. The van der Waals surface area contributed by atoms with Crippen molar-refractivity contribution in [2.24, 2.45) is 0 Å². The topological polar surface area (TPSA) is 46.6 Å². The van der Waals surface area contributed by atoms with Gasteiger partial charge < -0.3 is 9.64 Å². The van der Waals surface area contributed by atoms with Gasteiger partial charge in [-0.05, 0) is 54.9 Å². The lowest BCUT2D eigenvalue weighted by Gasteiger charge is -2.26. The highest BCUT2D eigenvalue weighted by molar-refractivity contribution is 7.12. The zero-order valence-electron chi connectivity index (χ0n) is 15.7. The molecule has 0 spiro atoms. The van der Waals surface area contributed by atoms with Gasteiger partial charge in [0.2, 0.25) is 0 Å². The summed E-state index contributed by atoms with van der Waals surface area (Å²) in [4.78, 5) is 28.9. The molecule has 0 aliphatic rings. The second kappa shape index (κ2) is 9.48. The molecule has 0 atom stereocenters. The van der Waals surface area contributed by atoms with E-state index < -0.39 is 5.97 Å². The fourth-order valence-corrected chi connectivity index (χ4v) is 4.16. The summed E-state index contributed by atoms with van der Waals surface area (Å²) in [5, 5.41) is 3.86. The summed E-state index contributed by atoms with van der Waals surface area (Å²) in [7, 11) is 0. The minimum absolute atomic E-state index is 0.0490. The van der Waals surface area contributed by atoms with Crippen LogP contribution in [0.1, 0.15) is 23.6 Å². The Morgan fingerprint density at radius 2 is 1.71 bits per heavy atom. The Balaban J connectivity index is 1.74. The molecule has 0 radical (unpaired) electrons. The Labute approximate surface area is 172 Å². The number of hydrogen-bond donors (Lipinski definition) is 0. The molecular formula is C22H21NO3S2. The standard InChI is InChI=1S/C22H21NO3S2/c1-16(2)23(17-8-4-3-5-9-17)21(24)15-26-22(25)19(20-11-7-13-28-20)14-18-10-6-12-27-18/h3-14,16H,15H2,1-2H3. The third-order valence-electron chi connectivity index (χ3n) is 3.98. The van der Waals surface area contributed by atoms with Crippen molar-refractivity contribution in [3.63, 3.8) is 0 Å². The molecule has 6 heteroatoms. The van der Waals surface area contributed by atoms with Crippen LogP contribution in [0.25, 0.3) is 11.6 Å². The molecule has 3 aromatic rings. The molecular weight excluding hydrogens is 390 g/mol. The summed E-state index contributed by atoms with van der Waals surface area (Å²) in [5.74, 6) is -0.753. The minimum Gasteiger partial charge on any atom is -0.452 e. The van der Waals surface area contributed by atoms with Gasteiger partial charge in [0.25, 0.3) is 5.91 Å². The van der Waals surface area contributed by atoms with Gasteiger partial charge in [0.1, 0.15) is 0 Å². The molecule has 0 fully saturated rings. The molecule has 1 aromatic carbocycles. The molecule has 0 aliphatic carbocycles. The molecule has 0 aliphatic heterocycles. The van der Waals surface area contributed by atoms with Crippen LogP contribution in [0, 0.1) is 0 Å². The Hall–Kier alpha value is -2.70. The number of para-hydroxylation sites is 1. The Morgan fingerprint density at radius 3 is 2.32 bits per heavy atom. The fraction of sp³-hybridized carbons (Fsp3) is 0.182. The molecule has 144 valence electrons. The van der Waals surface area contributed by atoms with E-state index >= 15 is 0 Å². The minimum atomic E-state index is -0.499. The largest absolute Gasteiger partial charge is 0.452 e. The zero-order chi connectivity index (χ0) is 19.9. The highest BCUT2D eigenvalue weighted by Gasteiger charge is 2.22. The number of nitrogens with zero attached hydrogens (tertiary/aromatic N) is 1. The first-order valence-corrected chi connectivity index (χ1v) is 10.7. The number of hydrogen-bond acceptors (Lipinski definition) is 5. The summed E-state index contributed by atoms with van der Waals surface area (Å²) in [6.07, 6.45) is 1.81. The molecule has 1 amide bonds. The lowest BCUT2D eigenvalue weighted by Crippen LogP contribution is -2.39. The van der Waals surface area contributed by atoms with Crippen LogP contribution >= 0.6 is 22.7 Å². The van der Waals surface area contributed by atoms with E-state index in [-0.39, 0.29) is 18.6 Å². The van der Waals surface area contributed by atoms with Gasteiger partial charge in [0.15, 0.2) is 6.61 Å². The second-order valence-corrected chi connectivity index (χ2v) is 8.25. The van der Waals surface area contributed by atoms with E-state index in [2.05, 4.69) is 0 Å². The van der Waals surface area contributed by atoms with Crippen molar-refractivity contribution in [3.05, 3.63) is 75.1 Å². The number of anilines is 1. The average molecular weight is 412 g/mol. The molecule has 0 N–H and O–H groups in total. The molecule has 4 nitrogen and oxygen atoms in total. The van der Waals surface area contributed by atoms with E-state index in [0.717, 1.165) is 15.4 Å². The van der Waals surface area contributed by atoms with Gasteiger partial charge >= 0.3 is 5.97 Å². The van der Waals surface area contributed by atoms with E-state index in [1.165, 1.54) is 11.3 Å². The maximum Gasteiger partial charge on any atom is 0.340 e. The lowest BCUT2D eigenvalue weighted by molar-refractivity contribution is -0.142. The van der Waals surface area contributed by atoms with Gasteiger partial charge in [-0.1, -0.05) is 30.3 Å². The average Bonchev–Trinajstić information content (AvgIpc) is 3.38. The van der Waals surface area contributed by atoms with Crippen molar-refractivity contribution in [1.29, 1.82) is 0 Å². The van der Waals surface area contributed by atoms with Crippen LogP contribution in [0.5, 0.6) is 0 Å². The first-order chi connectivity index (χ1) is 13.6. The molecule has 2 heterocycles. The van der Waals surface area contributed by atoms with E-state index in [4.69, 9.17) is 4.74 Å². The van der Waals surface area contributed by atoms with E-state index in [9.17, 15) is 9.59 Å². The smallest absolute Gasteiger partial charge is 0.340 e. The van der Waals surface area contributed by atoms with Crippen LogP contribution in [0.3, 0.4) is 0 Å². The number of esters is 1. The van der Waals surface area contributed by atoms with Crippen LogP contribution in [-0.2, 0) is 14.3 Å². The van der Waals surface area contributed by atoms with E-state index in [0.29, 0.717) is 5.57 Å². The van der Waals surface area contributed by atoms with Crippen LogP contribution in [0.4, 0.5) is 5.69 Å². The number of carbonyl (C=O) groups is 2. The number of amides is 1. The van der Waals surface area contributed by atoms with Crippen molar-refractivity contribution in [2.45, 2.75) is 19.9 Å². The summed E-state index contributed by atoms with van der Waals surface area (Å²) < 4.78 is 5.40. The van der Waals surface area contributed by atoms with Gasteiger partial charge in [-0.2, -0.15) is 0 Å². The molecule has 0 bridgehead atoms. The number of thiophene rings is 2. The number of carbonyl (C=O) groups excluding carboxylic acids is 2. The molecule has 3 rings (SSSR count). The SMILES string of the molecule is CC(C)N(C(=O)COC(=O)C(=Cc1cccs1)c1cccs1)c1ccccc1. The quantitative estimate of drug-likeness (QED) is 0.390. The molecule has 0 saturated heterocycles. The van der Waals surface area contributed by atoms with Gasteiger partial charge in [0.05, 0.1) is 5.57 Å². The van der Waals surface area contributed by atoms with Crippen molar-refractivity contribution in [3.8, 4) is 0 Å². The Bertz CT molecular complexity index is 930. The maximum atomic E-state index is 12.8. The maximum absolute atomic E-state index is 12.8. The summed E-state index contributed by atoms with van der Waals surface area (Å²) in [5.41, 5.74) is 1.24. The first kappa shape index (κ1) is 20.0. The third kappa shape index (κ3) is 4.97. The van der Waals surface area contributed by atoms with Crippen LogP contribution < -0.4 is 4.90 Å². The van der Waals surface area contributed by atoms with Gasteiger partial charge in [-0.15, -0.1) is 22.7 Å². The summed E-state index contributed by atoms with van der Waals surface area (Å²) in [6, 6.07) is 17.0. The van der Waals surface area contributed by atoms with E-state index in [1.807, 2.05) is 79.2 Å². The predicted octanol–water partition coefficient (Wildman–Crippen LogP) is 5.34. The summed E-state index contributed by atoms with van der Waals surface area (Å²) >= 11 is 3.01. The first-order valence-electron chi connectivity index (χ1n) is 8.89. The van der Waals surface area contributed by atoms with Gasteiger partial charge in [-0.25, -0.2) is 4.79 Å². The van der Waals surface area contributed by atoms with Crippen molar-refractivity contribution in [2.75, 3.05) is 11.5 Å². The van der Waals surface area contributed by atoms with Crippen molar-refractivity contribution >= 4 is 51.9 Å². The third-order valence-corrected chi connectivity index (χ3v) is 5.70. The van der Waals surface area contributed by atoms with Crippen LogP contribution in [0.15, 0.2) is 65.4 Å². The van der Waals surface area contributed by atoms with Crippen LogP contribution in [-0.4, -0.2) is 24.5 Å². The highest BCUT2D eigenvalue weighted by atomic mass is 32.1. The van der Waals surface area contributed by atoms with Crippen molar-refractivity contribution in [1.82, 2.24) is 0 Å². The Kier molecular flexibility index (Phi) is 6.79. The van der Waals surface area contributed by atoms with Gasteiger partial charge in [0, 0.05) is 21.5 Å². The van der Waals surface area contributed by atoms with Crippen molar-refractivity contribution < 1.29 is 14.3 Å². The zero-order valence-corrected chi connectivity index (χ0v) is 17.3. The molecule has 28 heavy (non-hydrogen) atoms. The van der Waals surface area contributed by atoms with E-state index in [1.54, 1.807) is 22.3 Å². The lowest BCUT2D eigenvalue weighted by atomic mass is 10.2.